The molecule has 2 saturated carbocycles. The lowest BCUT2D eigenvalue weighted by Gasteiger charge is -2.21. The molecule has 0 heterocycles. The Kier molecular flexibility index (Phi) is 3.09. The molecule has 0 saturated heterocycles. The summed E-state index contributed by atoms with van der Waals surface area (Å²) in [6.07, 6.45) is 5.32. The van der Waals surface area contributed by atoms with E-state index in [0.717, 1.165) is 18.4 Å². The number of nitrogens with two attached hydrogens (primary N) is 1. The second-order valence-electron chi connectivity index (χ2n) is 5.92. The van der Waals surface area contributed by atoms with Crippen molar-refractivity contribution in [1.82, 2.24) is 5.32 Å². The molecule has 19 heavy (non-hydrogen) atoms. The topological polar surface area (TPSA) is 75.4 Å². The number of phenols is 1. The highest BCUT2D eigenvalue weighted by Gasteiger charge is 2.39. The van der Waals surface area contributed by atoms with Gasteiger partial charge < -0.3 is 16.2 Å². The Morgan fingerprint density at radius 1 is 1.37 bits per heavy atom. The average molecular weight is 260 g/mol. The van der Waals surface area contributed by atoms with Gasteiger partial charge in [0, 0.05) is 12.1 Å². The number of rotatable bonds is 3. The SMILES string of the molecule is Nc1ccc(C(=O)NCC2CC3CCC2C3)cc1O. The molecule has 102 valence electrons. The van der Waals surface area contributed by atoms with Crippen molar-refractivity contribution >= 4 is 11.6 Å². The van der Waals surface area contributed by atoms with Crippen LogP contribution >= 0.6 is 0 Å². The third-order valence-electron chi connectivity index (χ3n) is 4.70. The van der Waals surface area contributed by atoms with Gasteiger partial charge in [0.05, 0.1) is 5.69 Å². The number of hydrogen-bond acceptors (Lipinski definition) is 3. The maximum atomic E-state index is 12.0. The Morgan fingerprint density at radius 3 is 2.84 bits per heavy atom. The van der Waals surface area contributed by atoms with Gasteiger partial charge in [-0.25, -0.2) is 0 Å². The lowest BCUT2D eigenvalue weighted by molar-refractivity contribution is 0.0941. The Labute approximate surface area is 113 Å². The Morgan fingerprint density at radius 2 is 2.21 bits per heavy atom. The van der Waals surface area contributed by atoms with Crippen LogP contribution in [-0.4, -0.2) is 17.6 Å². The van der Waals surface area contributed by atoms with Crippen LogP contribution in [0.3, 0.4) is 0 Å². The lowest BCUT2D eigenvalue weighted by Crippen LogP contribution is -2.31. The molecule has 0 aliphatic heterocycles. The number of hydrogen-bond donors (Lipinski definition) is 3. The molecule has 1 aromatic carbocycles. The van der Waals surface area contributed by atoms with Crippen LogP contribution in [-0.2, 0) is 0 Å². The zero-order valence-corrected chi connectivity index (χ0v) is 10.9. The molecule has 0 spiro atoms. The maximum absolute atomic E-state index is 12.0. The molecule has 2 bridgehead atoms. The van der Waals surface area contributed by atoms with E-state index in [1.54, 1.807) is 12.1 Å². The van der Waals surface area contributed by atoms with Gasteiger partial charge in [0.15, 0.2) is 0 Å². The number of nitrogens with one attached hydrogen (secondary N) is 1. The summed E-state index contributed by atoms with van der Waals surface area (Å²) in [7, 11) is 0. The second-order valence-corrected chi connectivity index (χ2v) is 5.92. The number of carbonyl (C=O) groups is 1. The minimum absolute atomic E-state index is 0.0347. The van der Waals surface area contributed by atoms with E-state index < -0.39 is 0 Å². The van der Waals surface area contributed by atoms with Gasteiger partial charge in [-0.05, 0) is 55.2 Å². The quantitative estimate of drug-likeness (QED) is 0.575. The zero-order valence-electron chi connectivity index (χ0n) is 10.9. The molecule has 2 fully saturated rings. The van der Waals surface area contributed by atoms with Crippen LogP contribution < -0.4 is 11.1 Å². The van der Waals surface area contributed by atoms with Gasteiger partial charge in [-0.1, -0.05) is 6.42 Å². The zero-order chi connectivity index (χ0) is 13.4. The van der Waals surface area contributed by atoms with E-state index in [1.807, 2.05) is 0 Å². The first-order chi connectivity index (χ1) is 9.13. The average Bonchev–Trinajstić information content (AvgIpc) is 3.01. The number of fused-ring (bicyclic) bond motifs is 2. The molecule has 4 nitrogen and oxygen atoms in total. The Hall–Kier alpha value is -1.71. The molecule has 1 amide bonds. The van der Waals surface area contributed by atoms with Crippen LogP contribution in [0, 0.1) is 17.8 Å². The standard InChI is InChI=1S/C15H20N2O2/c16-13-4-3-11(7-14(13)18)15(19)17-8-12-6-9-1-2-10(12)5-9/h3-4,7,9-10,12,18H,1-2,5-6,8,16H2,(H,17,19). The summed E-state index contributed by atoms with van der Waals surface area (Å²) in [5, 5.41) is 12.5. The smallest absolute Gasteiger partial charge is 0.251 e. The summed E-state index contributed by atoms with van der Waals surface area (Å²) in [6.45, 7) is 0.755. The van der Waals surface area contributed by atoms with Crippen molar-refractivity contribution < 1.29 is 9.90 Å². The van der Waals surface area contributed by atoms with E-state index >= 15 is 0 Å². The van der Waals surface area contributed by atoms with Crippen LogP contribution in [0.15, 0.2) is 18.2 Å². The first kappa shape index (κ1) is 12.3. The lowest BCUT2D eigenvalue weighted by atomic mass is 9.89. The van der Waals surface area contributed by atoms with Crippen LogP contribution in [0.1, 0.15) is 36.0 Å². The monoisotopic (exact) mass is 260 g/mol. The number of aromatic hydroxyl groups is 1. The Balaban J connectivity index is 1.57. The minimum Gasteiger partial charge on any atom is -0.506 e. The molecule has 1 aromatic rings. The van der Waals surface area contributed by atoms with E-state index in [9.17, 15) is 9.90 Å². The third kappa shape index (κ3) is 2.39. The summed E-state index contributed by atoms with van der Waals surface area (Å²) >= 11 is 0. The van der Waals surface area contributed by atoms with Gasteiger partial charge in [0.25, 0.3) is 5.91 Å². The summed E-state index contributed by atoms with van der Waals surface area (Å²) in [4.78, 5) is 12.0. The first-order valence-corrected chi connectivity index (χ1v) is 7.00. The van der Waals surface area contributed by atoms with Crippen LogP contribution in [0.25, 0.3) is 0 Å². The first-order valence-electron chi connectivity index (χ1n) is 7.00. The van der Waals surface area contributed by atoms with Crippen LogP contribution in [0.5, 0.6) is 5.75 Å². The van der Waals surface area contributed by atoms with Crippen molar-refractivity contribution in [2.24, 2.45) is 17.8 Å². The number of carbonyl (C=O) groups excluding carboxylic acids is 1. The minimum atomic E-state index is -0.127. The molecule has 2 aliphatic rings. The third-order valence-corrected chi connectivity index (χ3v) is 4.70. The van der Waals surface area contributed by atoms with Crippen LogP contribution in [0.4, 0.5) is 5.69 Å². The summed E-state index contributed by atoms with van der Waals surface area (Å²) in [5.41, 5.74) is 6.29. The molecule has 4 N–H and O–H groups in total. The summed E-state index contributed by atoms with van der Waals surface area (Å²) in [6, 6.07) is 4.62. The van der Waals surface area contributed by atoms with Crippen molar-refractivity contribution in [2.45, 2.75) is 25.7 Å². The van der Waals surface area contributed by atoms with Gasteiger partial charge >= 0.3 is 0 Å². The normalized spacial score (nSPS) is 28.5. The fourth-order valence-corrected chi connectivity index (χ4v) is 3.64. The fraction of sp³-hybridized carbons (Fsp3) is 0.533. The molecule has 0 aromatic heterocycles. The number of benzene rings is 1. The van der Waals surface area contributed by atoms with Gasteiger partial charge in [0.1, 0.15) is 5.75 Å². The summed E-state index contributed by atoms with van der Waals surface area (Å²) < 4.78 is 0. The largest absolute Gasteiger partial charge is 0.506 e. The van der Waals surface area contributed by atoms with E-state index in [2.05, 4.69) is 5.32 Å². The highest BCUT2D eigenvalue weighted by Crippen LogP contribution is 2.47. The maximum Gasteiger partial charge on any atom is 0.251 e. The second kappa shape index (κ2) is 4.76. The van der Waals surface area contributed by atoms with Crippen LogP contribution in [0.2, 0.25) is 0 Å². The summed E-state index contributed by atoms with van der Waals surface area (Å²) in [5.74, 6) is 2.19. The highest BCUT2D eigenvalue weighted by atomic mass is 16.3. The van der Waals surface area contributed by atoms with E-state index in [4.69, 9.17) is 5.73 Å². The molecular formula is C15H20N2O2. The predicted octanol–water partition coefficient (Wildman–Crippen LogP) is 2.14. The van der Waals surface area contributed by atoms with Crippen molar-refractivity contribution in [3.8, 4) is 5.75 Å². The number of nitrogen functional groups attached to an aromatic ring is 1. The van der Waals surface area contributed by atoms with Gasteiger partial charge in [0.2, 0.25) is 0 Å². The van der Waals surface area contributed by atoms with Crippen molar-refractivity contribution in [2.75, 3.05) is 12.3 Å². The van der Waals surface area contributed by atoms with Gasteiger partial charge in [-0.3, -0.25) is 4.79 Å². The van der Waals surface area contributed by atoms with Crippen molar-refractivity contribution in [1.29, 1.82) is 0 Å². The molecule has 4 heteroatoms. The molecule has 2 aliphatic carbocycles. The highest BCUT2D eigenvalue weighted by molar-refractivity contribution is 5.95. The molecular weight excluding hydrogens is 240 g/mol. The van der Waals surface area contributed by atoms with Crippen molar-refractivity contribution in [3.63, 3.8) is 0 Å². The number of anilines is 1. The predicted molar refractivity (Wildman–Crippen MR) is 73.8 cm³/mol. The van der Waals surface area contributed by atoms with Gasteiger partial charge in [-0.2, -0.15) is 0 Å². The fourth-order valence-electron chi connectivity index (χ4n) is 3.64. The number of amides is 1. The Bertz CT molecular complexity index is 501. The van der Waals surface area contributed by atoms with E-state index in [1.165, 1.54) is 31.7 Å². The van der Waals surface area contributed by atoms with E-state index in [0.29, 0.717) is 17.2 Å². The number of phenolic OH excluding ortho intramolecular Hbond substituents is 1. The van der Waals surface area contributed by atoms with Gasteiger partial charge in [-0.15, -0.1) is 0 Å². The van der Waals surface area contributed by atoms with E-state index in [-0.39, 0.29) is 11.7 Å². The molecule has 0 radical (unpaired) electrons. The molecule has 3 rings (SSSR count). The molecule has 3 atom stereocenters. The molecule has 3 unspecified atom stereocenters. The van der Waals surface area contributed by atoms with Crippen molar-refractivity contribution in [3.05, 3.63) is 23.8 Å².